The molecule has 5 heteroatoms. The van der Waals surface area contributed by atoms with Crippen molar-refractivity contribution in [2.75, 3.05) is 13.2 Å². The smallest absolute Gasteiger partial charge is 0.320 e. The number of rotatable bonds is 7. The van der Waals surface area contributed by atoms with Crippen molar-refractivity contribution >= 4 is 28.9 Å². The summed E-state index contributed by atoms with van der Waals surface area (Å²) in [6.07, 6.45) is 0. The van der Waals surface area contributed by atoms with E-state index in [-0.39, 0.29) is 12.5 Å². The van der Waals surface area contributed by atoms with E-state index in [4.69, 9.17) is 16.3 Å². The molecule has 0 unspecified atom stereocenters. The van der Waals surface area contributed by atoms with Crippen molar-refractivity contribution in [1.29, 1.82) is 0 Å². The molecule has 1 aromatic carbocycles. The number of carbonyl (C=O) groups is 1. The van der Waals surface area contributed by atoms with Gasteiger partial charge in [0, 0.05) is 18.0 Å². The molecule has 0 fully saturated rings. The summed E-state index contributed by atoms with van der Waals surface area (Å²) in [5, 5.41) is 0. The predicted octanol–water partition coefficient (Wildman–Crippen LogP) is 3.97. The van der Waals surface area contributed by atoms with E-state index in [0.29, 0.717) is 19.7 Å². The van der Waals surface area contributed by atoms with Crippen molar-refractivity contribution in [3.05, 3.63) is 57.2 Å². The lowest BCUT2D eigenvalue weighted by Crippen LogP contribution is -2.30. The highest BCUT2D eigenvalue weighted by Gasteiger charge is 2.13. The summed E-state index contributed by atoms with van der Waals surface area (Å²) in [4.78, 5) is 15.0. The van der Waals surface area contributed by atoms with E-state index in [1.807, 2.05) is 37.3 Å². The maximum atomic E-state index is 11.8. The molecule has 2 aromatic rings. The van der Waals surface area contributed by atoms with Crippen LogP contribution in [0.25, 0.3) is 0 Å². The van der Waals surface area contributed by atoms with Gasteiger partial charge in [-0.2, -0.15) is 0 Å². The maximum absolute atomic E-state index is 11.8. The minimum atomic E-state index is -0.198. The first-order valence-corrected chi connectivity index (χ1v) is 8.03. The van der Waals surface area contributed by atoms with Crippen molar-refractivity contribution in [2.45, 2.75) is 20.0 Å². The number of esters is 1. The summed E-state index contributed by atoms with van der Waals surface area (Å²) in [6, 6.07) is 14.0. The average molecular weight is 324 g/mol. The van der Waals surface area contributed by atoms with Crippen molar-refractivity contribution in [2.24, 2.45) is 0 Å². The Morgan fingerprint density at radius 3 is 2.57 bits per heavy atom. The van der Waals surface area contributed by atoms with E-state index < -0.39 is 0 Å². The van der Waals surface area contributed by atoms with Crippen molar-refractivity contribution < 1.29 is 9.53 Å². The van der Waals surface area contributed by atoms with E-state index in [0.717, 1.165) is 9.21 Å². The third-order valence-corrected chi connectivity index (χ3v) is 4.13. The number of thiophene rings is 1. The van der Waals surface area contributed by atoms with Gasteiger partial charge in [0.2, 0.25) is 0 Å². The second-order valence-corrected chi connectivity index (χ2v) is 6.44. The van der Waals surface area contributed by atoms with Gasteiger partial charge in [-0.3, -0.25) is 9.69 Å². The van der Waals surface area contributed by atoms with E-state index in [2.05, 4.69) is 17.0 Å². The zero-order chi connectivity index (χ0) is 15.1. The van der Waals surface area contributed by atoms with Crippen LogP contribution in [0.3, 0.4) is 0 Å². The molecule has 0 saturated carbocycles. The van der Waals surface area contributed by atoms with E-state index in [1.165, 1.54) is 16.9 Å². The fourth-order valence-electron chi connectivity index (χ4n) is 2.06. The SMILES string of the molecule is CCOC(=O)CN(Cc1ccccc1)Cc1ccc(Cl)s1. The largest absolute Gasteiger partial charge is 0.465 e. The maximum Gasteiger partial charge on any atom is 0.320 e. The molecule has 0 spiro atoms. The van der Waals surface area contributed by atoms with Crippen LogP contribution in [0.2, 0.25) is 4.34 Å². The number of hydrogen-bond donors (Lipinski definition) is 0. The van der Waals surface area contributed by atoms with Crippen molar-refractivity contribution in [3.63, 3.8) is 0 Å². The molecule has 1 aromatic heterocycles. The number of hydrogen-bond acceptors (Lipinski definition) is 4. The minimum Gasteiger partial charge on any atom is -0.465 e. The Labute approximate surface area is 134 Å². The summed E-state index contributed by atoms with van der Waals surface area (Å²) < 4.78 is 5.81. The molecular weight excluding hydrogens is 306 g/mol. The fourth-order valence-corrected chi connectivity index (χ4v) is 3.19. The normalized spacial score (nSPS) is 10.8. The molecule has 0 N–H and O–H groups in total. The monoisotopic (exact) mass is 323 g/mol. The van der Waals surface area contributed by atoms with Gasteiger partial charge in [-0.1, -0.05) is 41.9 Å². The summed E-state index contributed by atoms with van der Waals surface area (Å²) in [5.74, 6) is -0.198. The van der Waals surface area contributed by atoms with Crippen LogP contribution < -0.4 is 0 Å². The molecule has 0 amide bonds. The number of halogens is 1. The molecule has 0 radical (unpaired) electrons. The predicted molar refractivity (Wildman–Crippen MR) is 86.5 cm³/mol. The summed E-state index contributed by atoms with van der Waals surface area (Å²) >= 11 is 7.51. The Bertz CT molecular complexity index is 571. The van der Waals surface area contributed by atoms with Gasteiger partial charge >= 0.3 is 5.97 Å². The molecule has 21 heavy (non-hydrogen) atoms. The lowest BCUT2D eigenvalue weighted by atomic mass is 10.2. The first-order valence-electron chi connectivity index (χ1n) is 6.83. The molecule has 0 aliphatic rings. The number of benzene rings is 1. The molecule has 1 heterocycles. The van der Waals surface area contributed by atoms with Gasteiger partial charge in [0.25, 0.3) is 0 Å². The van der Waals surface area contributed by atoms with Crippen LogP contribution in [-0.4, -0.2) is 24.0 Å². The highest BCUT2D eigenvalue weighted by Crippen LogP contribution is 2.23. The van der Waals surface area contributed by atoms with Crippen LogP contribution in [0.4, 0.5) is 0 Å². The molecule has 0 atom stereocenters. The summed E-state index contributed by atoms with van der Waals surface area (Å²) in [6.45, 7) is 3.89. The molecule has 112 valence electrons. The van der Waals surface area contributed by atoms with Gasteiger partial charge in [-0.15, -0.1) is 11.3 Å². The average Bonchev–Trinajstić information content (AvgIpc) is 2.85. The fraction of sp³-hybridized carbons (Fsp3) is 0.312. The summed E-state index contributed by atoms with van der Waals surface area (Å²) in [5.41, 5.74) is 1.17. The van der Waals surface area contributed by atoms with Crippen molar-refractivity contribution in [1.82, 2.24) is 4.90 Å². The van der Waals surface area contributed by atoms with Crippen LogP contribution in [0.15, 0.2) is 42.5 Å². The molecule has 0 bridgehead atoms. The van der Waals surface area contributed by atoms with E-state index in [9.17, 15) is 4.79 Å². The summed E-state index contributed by atoms with van der Waals surface area (Å²) in [7, 11) is 0. The number of nitrogens with zero attached hydrogens (tertiary/aromatic N) is 1. The van der Waals surface area contributed by atoms with Crippen LogP contribution >= 0.6 is 22.9 Å². The Kier molecular flexibility index (Phi) is 6.23. The van der Waals surface area contributed by atoms with Gasteiger partial charge in [-0.25, -0.2) is 0 Å². The van der Waals surface area contributed by atoms with Gasteiger partial charge in [0.1, 0.15) is 0 Å². The molecule has 0 saturated heterocycles. The van der Waals surface area contributed by atoms with Crippen LogP contribution in [0.1, 0.15) is 17.4 Å². The number of ether oxygens (including phenoxy) is 1. The Balaban J connectivity index is 2.04. The van der Waals surface area contributed by atoms with E-state index >= 15 is 0 Å². The first kappa shape index (κ1) is 16.0. The highest BCUT2D eigenvalue weighted by atomic mass is 35.5. The second kappa shape index (κ2) is 8.17. The van der Waals surface area contributed by atoms with Gasteiger partial charge in [-0.05, 0) is 24.6 Å². The zero-order valence-corrected chi connectivity index (χ0v) is 13.5. The first-order chi connectivity index (χ1) is 10.2. The van der Waals surface area contributed by atoms with Gasteiger partial charge in [0.05, 0.1) is 17.5 Å². The van der Waals surface area contributed by atoms with Gasteiger partial charge in [0.15, 0.2) is 0 Å². The third-order valence-electron chi connectivity index (χ3n) is 2.92. The van der Waals surface area contributed by atoms with E-state index in [1.54, 1.807) is 0 Å². The molecular formula is C16H18ClNO2S. The Hall–Kier alpha value is -1.36. The van der Waals surface area contributed by atoms with Crippen LogP contribution in [0, 0.1) is 0 Å². The van der Waals surface area contributed by atoms with Crippen LogP contribution in [0.5, 0.6) is 0 Å². The second-order valence-electron chi connectivity index (χ2n) is 4.64. The molecule has 2 rings (SSSR count). The topological polar surface area (TPSA) is 29.5 Å². The molecule has 3 nitrogen and oxygen atoms in total. The molecule has 0 aliphatic carbocycles. The minimum absolute atomic E-state index is 0.198. The van der Waals surface area contributed by atoms with Gasteiger partial charge < -0.3 is 4.74 Å². The standard InChI is InChI=1S/C16H18ClNO2S/c1-2-20-16(19)12-18(10-13-6-4-3-5-7-13)11-14-8-9-15(17)21-14/h3-9H,2,10-12H2,1H3. The lowest BCUT2D eigenvalue weighted by Gasteiger charge is -2.20. The lowest BCUT2D eigenvalue weighted by molar-refractivity contribution is -0.144. The quantitative estimate of drug-likeness (QED) is 0.722. The Morgan fingerprint density at radius 1 is 1.19 bits per heavy atom. The molecule has 0 aliphatic heterocycles. The van der Waals surface area contributed by atoms with Crippen LogP contribution in [-0.2, 0) is 22.6 Å². The third kappa shape index (κ3) is 5.50. The van der Waals surface area contributed by atoms with Crippen molar-refractivity contribution in [3.8, 4) is 0 Å². The highest BCUT2D eigenvalue weighted by molar-refractivity contribution is 7.16. The Morgan fingerprint density at radius 2 is 1.95 bits per heavy atom. The number of carbonyl (C=O) groups excluding carboxylic acids is 1. The zero-order valence-electron chi connectivity index (χ0n) is 11.9.